The van der Waals surface area contributed by atoms with Crippen LogP contribution in [0.4, 0.5) is 0 Å². The average molecular weight is 397 g/mol. The molecule has 28 heavy (non-hydrogen) atoms. The molecule has 1 rings (SSSR count). The van der Waals surface area contributed by atoms with Crippen molar-refractivity contribution in [3.8, 4) is 17.2 Å². The van der Waals surface area contributed by atoms with Gasteiger partial charge in [-0.05, 0) is 18.1 Å². The molecule has 9 heteroatoms. The quantitative estimate of drug-likeness (QED) is 0.593. The number of carbonyl (C=O) groups is 3. The number of hydrogen-bond acceptors (Lipinski definition) is 8. The Kier molecular flexibility index (Phi) is 9.07. The molecule has 9 nitrogen and oxygen atoms in total. The van der Waals surface area contributed by atoms with E-state index in [2.05, 4.69) is 5.32 Å². The molecule has 1 aromatic rings. The zero-order chi connectivity index (χ0) is 21.3. The van der Waals surface area contributed by atoms with Gasteiger partial charge in [0, 0.05) is 0 Å². The van der Waals surface area contributed by atoms with Gasteiger partial charge >= 0.3 is 11.9 Å². The van der Waals surface area contributed by atoms with Gasteiger partial charge in [0.2, 0.25) is 5.75 Å². The molecule has 2 atom stereocenters. The first kappa shape index (κ1) is 23.1. The highest BCUT2D eigenvalue weighted by Crippen LogP contribution is 2.38. The predicted octanol–water partition coefficient (Wildman–Crippen LogP) is 1.57. The van der Waals surface area contributed by atoms with Gasteiger partial charge in [-0.25, -0.2) is 9.59 Å². The van der Waals surface area contributed by atoms with E-state index < -0.39 is 30.5 Å². The highest BCUT2D eigenvalue weighted by molar-refractivity contribution is 5.93. The van der Waals surface area contributed by atoms with Crippen LogP contribution in [-0.4, -0.2) is 58.9 Å². The van der Waals surface area contributed by atoms with E-state index >= 15 is 0 Å². The van der Waals surface area contributed by atoms with Crippen LogP contribution in [-0.2, 0) is 19.1 Å². The molecule has 0 aliphatic heterocycles. The van der Waals surface area contributed by atoms with E-state index in [1.165, 1.54) is 40.6 Å². The highest BCUT2D eigenvalue weighted by atomic mass is 16.5. The van der Waals surface area contributed by atoms with Gasteiger partial charge in [-0.15, -0.1) is 0 Å². The minimum absolute atomic E-state index is 0.119. The van der Waals surface area contributed by atoms with Gasteiger partial charge in [-0.2, -0.15) is 0 Å². The maximum Gasteiger partial charge on any atom is 0.338 e. The van der Waals surface area contributed by atoms with Gasteiger partial charge in [0.15, 0.2) is 18.1 Å². The molecule has 156 valence electrons. The molecule has 0 radical (unpaired) electrons. The van der Waals surface area contributed by atoms with Crippen LogP contribution in [0.15, 0.2) is 12.1 Å². The van der Waals surface area contributed by atoms with E-state index in [4.69, 9.17) is 23.7 Å². The summed E-state index contributed by atoms with van der Waals surface area (Å²) in [6.07, 6.45) is 0.658. The zero-order valence-corrected chi connectivity index (χ0v) is 17.0. The lowest BCUT2D eigenvalue weighted by Gasteiger charge is -2.21. The Morgan fingerprint density at radius 2 is 1.57 bits per heavy atom. The number of ether oxygens (including phenoxy) is 5. The summed E-state index contributed by atoms with van der Waals surface area (Å²) in [7, 11) is 5.52. The van der Waals surface area contributed by atoms with Crippen LogP contribution in [0.1, 0.15) is 30.6 Å². The summed E-state index contributed by atoms with van der Waals surface area (Å²) in [5.41, 5.74) is 0.119. The Labute approximate surface area is 164 Å². The molecule has 1 N–H and O–H groups in total. The second-order valence-corrected chi connectivity index (χ2v) is 5.94. The van der Waals surface area contributed by atoms with Crippen LogP contribution < -0.4 is 19.5 Å². The van der Waals surface area contributed by atoms with Crippen molar-refractivity contribution in [2.45, 2.75) is 26.3 Å². The van der Waals surface area contributed by atoms with Gasteiger partial charge in [-0.1, -0.05) is 20.3 Å². The van der Waals surface area contributed by atoms with Crippen molar-refractivity contribution >= 4 is 17.8 Å². The Hall–Kier alpha value is -2.97. The molecule has 1 aromatic carbocycles. The molecule has 0 aliphatic rings. The molecular formula is C19H27NO8. The topological polar surface area (TPSA) is 109 Å². The standard InChI is InChI=1S/C19H27NO8/c1-7-11(2)16(19(23)27-6)20-15(21)10-28-18(22)12-8-13(24-3)17(26-5)14(9-12)25-4/h8-9,11,16H,7,10H2,1-6H3,(H,20,21)/t11-,16+/m1/s1. The smallest absolute Gasteiger partial charge is 0.338 e. The zero-order valence-electron chi connectivity index (χ0n) is 17.0. The van der Waals surface area contributed by atoms with Gasteiger partial charge in [0.25, 0.3) is 5.91 Å². The van der Waals surface area contributed by atoms with E-state index in [1.54, 1.807) is 0 Å². The molecule has 0 saturated carbocycles. The Balaban J connectivity index is 2.83. The lowest BCUT2D eigenvalue weighted by Crippen LogP contribution is -2.47. The fourth-order valence-electron chi connectivity index (χ4n) is 2.42. The van der Waals surface area contributed by atoms with Gasteiger partial charge in [-0.3, -0.25) is 4.79 Å². The van der Waals surface area contributed by atoms with Gasteiger partial charge in [0.1, 0.15) is 6.04 Å². The molecule has 0 aromatic heterocycles. The van der Waals surface area contributed by atoms with E-state index in [1.807, 2.05) is 13.8 Å². The number of nitrogens with one attached hydrogen (secondary N) is 1. The summed E-state index contributed by atoms with van der Waals surface area (Å²) in [6.45, 7) is 3.14. The molecule has 0 unspecified atom stereocenters. The minimum Gasteiger partial charge on any atom is -0.493 e. The lowest BCUT2D eigenvalue weighted by atomic mass is 9.99. The first-order valence-electron chi connectivity index (χ1n) is 8.67. The molecule has 0 bridgehead atoms. The Morgan fingerprint density at radius 1 is 1.00 bits per heavy atom. The molecule has 0 fully saturated rings. The third kappa shape index (κ3) is 5.77. The van der Waals surface area contributed by atoms with E-state index in [-0.39, 0.29) is 23.0 Å². The summed E-state index contributed by atoms with van der Waals surface area (Å²) in [5, 5.41) is 2.53. The first-order chi connectivity index (χ1) is 13.3. The van der Waals surface area contributed by atoms with E-state index in [0.717, 1.165) is 0 Å². The van der Waals surface area contributed by atoms with Crippen molar-refractivity contribution in [2.24, 2.45) is 5.92 Å². The Morgan fingerprint density at radius 3 is 2.00 bits per heavy atom. The number of hydrogen-bond donors (Lipinski definition) is 1. The number of carbonyl (C=O) groups excluding carboxylic acids is 3. The molecule has 0 aliphatic carbocycles. The number of benzene rings is 1. The summed E-state index contributed by atoms with van der Waals surface area (Å²) in [4.78, 5) is 36.2. The summed E-state index contributed by atoms with van der Waals surface area (Å²) in [6, 6.07) is 2.01. The number of rotatable bonds is 10. The fourth-order valence-corrected chi connectivity index (χ4v) is 2.42. The number of amides is 1. The maximum absolute atomic E-state index is 12.3. The van der Waals surface area contributed by atoms with Crippen LogP contribution in [0.25, 0.3) is 0 Å². The van der Waals surface area contributed by atoms with Crippen molar-refractivity contribution in [3.05, 3.63) is 17.7 Å². The van der Waals surface area contributed by atoms with Gasteiger partial charge < -0.3 is 29.0 Å². The van der Waals surface area contributed by atoms with Crippen LogP contribution in [0.3, 0.4) is 0 Å². The van der Waals surface area contributed by atoms with Gasteiger partial charge in [0.05, 0.1) is 34.0 Å². The van der Waals surface area contributed by atoms with Crippen molar-refractivity contribution in [1.29, 1.82) is 0 Å². The monoisotopic (exact) mass is 397 g/mol. The SMILES string of the molecule is CC[C@@H](C)[C@H](NC(=O)COC(=O)c1cc(OC)c(OC)c(OC)c1)C(=O)OC. The second-order valence-electron chi connectivity index (χ2n) is 5.94. The molecule has 0 spiro atoms. The van der Waals surface area contributed by atoms with E-state index in [0.29, 0.717) is 12.2 Å². The summed E-state index contributed by atoms with van der Waals surface area (Å²) >= 11 is 0. The number of methoxy groups -OCH3 is 4. The third-order valence-electron chi connectivity index (χ3n) is 4.22. The van der Waals surface area contributed by atoms with Crippen LogP contribution in [0, 0.1) is 5.92 Å². The minimum atomic E-state index is -0.817. The van der Waals surface area contributed by atoms with Crippen LogP contribution >= 0.6 is 0 Å². The summed E-state index contributed by atoms with van der Waals surface area (Å²) < 4.78 is 25.3. The second kappa shape index (κ2) is 11.0. The molecule has 0 heterocycles. The van der Waals surface area contributed by atoms with Crippen molar-refractivity contribution in [3.63, 3.8) is 0 Å². The largest absolute Gasteiger partial charge is 0.493 e. The number of esters is 2. The van der Waals surface area contributed by atoms with Crippen LogP contribution in [0.5, 0.6) is 17.2 Å². The molecule has 1 amide bonds. The average Bonchev–Trinajstić information content (AvgIpc) is 2.73. The third-order valence-corrected chi connectivity index (χ3v) is 4.22. The molecule has 0 saturated heterocycles. The van der Waals surface area contributed by atoms with Crippen molar-refractivity contribution in [1.82, 2.24) is 5.32 Å². The molecular weight excluding hydrogens is 370 g/mol. The Bertz CT molecular complexity index is 678. The van der Waals surface area contributed by atoms with Crippen LogP contribution in [0.2, 0.25) is 0 Å². The maximum atomic E-state index is 12.3. The normalized spacial score (nSPS) is 12.4. The fraction of sp³-hybridized carbons (Fsp3) is 0.526. The first-order valence-corrected chi connectivity index (χ1v) is 8.67. The van der Waals surface area contributed by atoms with Crippen molar-refractivity contribution < 1.29 is 38.1 Å². The lowest BCUT2D eigenvalue weighted by molar-refractivity contribution is -0.147. The summed E-state index contributed by atoms with van der Waals surface area (Å²) in [5.74, 6) is -1.18. The highest BCUT2D eigenvalue weighted by Gasteiger charge is 2.27. The van der Waals surface area contributed by atoms with E-state index in [9.17, 15) is 14.4 Å². The van der Waals surface area contributed by atoms with Crippen molar-refractivity contribution in [2.75, 3.05) is 35.0 Å². The predicted molar refractivity (Wildman–Crippen MR) is 99.8 cm³/mol.